The molecule has 1 unspecified atom stereocenters. The van der Waals surface area contributed by atoms with Crippen LogP contribution in [0.2, 0.25) is 5.02 Å². The quantitative estimate of drug-likeness (QED) is 0.832. The molecule has 2 nitrogen and oxygen atoms in total. The first kappa shape index (κ1) is 15.0. The van der Waals surface area contributed by atoms with Crippen molar-refractivity contribution in [2.75, 3.05) is 6.54 Å². The minimum Gasteiger partial charge on any atom is -0.310 e. The Morgan fingerprint density at radius 1 is 1.47 bits per heavy atom. The van der Waals surface area contributed by atoms with E-state index in [0.29, 0.717) is 0 Å². The van der Waals surface area contributed by atoms with Crippen LogP contribution in [0.25, 0.3) is 0 Å². The van der Waals surface area contributed by atoms with Gasteiger partial charge in [-0.05, 0) is 31.2 Å². The first-order valence-electron chi connectivity index (χ1n) is 6.19. The summed E-state index contributed by atoms with van der Waals surface area (Å²) in [5.41, 5.74) is 2.24. The molecule has 1 N–H and O–H groups in total. The fraction of sp³-hybridized carbons (Fsp3) is 0.357. The Morgan fingerprint density at radius 3 is 2.84 bits per heavy atom. The van der Waals surface area contributed by atoms with Gasteiger partial charge in [0.2, 0.25) is 0 Å². The van der Waals surface area contributed by atoms with Crippen molar-refractivity contribution in [2.45, 2.75) is 26.3 Å². The fourth-order valence-electron chi connectivity index (χ4n) is 2.03. The maximum Gasteiger partial charge on any atom is 0.0897 e. The topological polar surface area (TPSA) is 24.9 Å². The van der Waals surface area contributed by atoms with Gasteiger partial charge in [0.25, 0.3) is 0 Å². The maximum atomic E-state index is 6.34. The van der Waals surface area contributed by atoms with Crippen LogP contribution in [-0.2, 0) is 6.42 Å². The molecule has 102 valence electrons. The molecule has 0 fully saturated rings. The monoisotopic (exact) mass is 358 g/mol. The summed E-state index contributed by atoms with van der Waals surface area (Å²) in [4.78, 5) is 4.53. The Labute approximate surface area is 131 Å². The van der Waals surface area contributed by atoms with E-state index in [9.17, 15) is 0 Å². The summed E-state index contributed by atoms with van der Waals surface area (Å²) < 4.78 is 1.00. The Morgan fingerprint density at radius 2 is 2.26 bits per heavy atom. The van der Waals surface area contributed by atoms with Crippen LogP contribution < -0.4 is 5.32 Å². The van der Waals surface area contributed by atoms with Crippen LogP contribution in [0.5, 0.6) is 0 Å². The summed E-state index contributed by atoms with van der Waals surface area (Å²) in [6.45, 7) is 5.04. The predicted molar refractivity (Wildman–Crippen MR) is 86.1 cm³/mol. The summed E-state index contributed by atoms with van der Waals surface area (Å²) >= 11 is 11.5. The highest BCUT2D eigenvalue weighted by atomic mass is 79.9. The number of nitrogens with one attached hydrogen (secondary N) is 1. The van der Waals surface area contributed by atoms with Gasteiger partial charge < -0.3 is 5.32 Å². The largest absolute Gasteiger partial charge is 0.310 e. The van der Waals surface area contributed by atoms with Crippen LogP contribution in [0.3, 0.4) is 0 Å². The van der Waals surface area contributed by atoms with E-state index < -0.39 is 0 Å². The van der Waals surface area contributed by atoms with Crippen molar-refractivity contribution in [2.24, 2.45) is 0 Å². The zero-order chi connectivity index (χ0) is 13.8. The summed E-state index contributed by atoms with van der Waals surface area (Å²) in [5.74, 6) is 0. The molecule has 0 saturated carbocycles. The van der Waals surface area contributed by atoms with E-state index in [0.717, 1.165) is 38.7 Å². The summed E-state index contributed by atoms with van der Waals surface area (Å²) in [6.07, 6.45) is 0.861. The average molecular weight is 360 g/mol. The molecule has 2 aromatic rings. The number of rotatable bonds is 5. The predicted octanol–water partition coefficient (Wildman–Crippen LogP) is 4.76. The van der Waals surface area contributed by atoms with Crippen LogP contribution in [-0.4, -0.2) is 11.5 Å². The van der Waals surface area contributed by atoms with Gasteiger partial charge in [0.15, 0.2) is 0 Å². The average Bonchev–Trinajstić information content (AvgIpc) is 2.74. The number of aryl methyl sites for hydroxylation is 1. The second-order valence-electron chi connectivity index (χ2n) is 4.34. The molecule has 0 aliphatic rings. The molecule has 1 aromatic carbocycles. The lowest BCUT2D eigenvalue weighted by Gasteiger charge is -2.19. The van der Waals surface area contributed by atoms with Gasteiger partial charge in [0.1, 0.15) is 0 Å². The zero-order valence-corrected chi connectivity index (χ0v) is 14.1. The highest BCUT2D eigenvalue weighted by molar-refractivity contribution is 9.10. The first-order chi connectivity index (χ1) is 9.10. The molecule has 0 aliphatic heterocycles. The normalized spacial score (nSPS) is 12.6. The number of hydrogen-bond donors (Lipinski definition) is 1. The molecular weight excluding hydrogens is 344 g/mol. The molecule has 2 rings (SSSR count). The van der Waals surface area contributed by atoms with Crippen molar-refractivity contribution in [3.05, 3.63) is 49.3 Å². The first-order valence-corrected chi connectivity index (χ1v) is 8.24. The van der Waals surface area contributed by atoms with Gasteiger partial charge in [-0.2, -0.15) is 0 Å². The highest BCUT2D eigenvalue weighted by Crippen LogP contribution is 2.28. The standard InChI is InChI=1S/C14H16BrClN2S/c1-3-17-14(7-11-8-19-9(2)18-11)12-5-4-10(15)6-13(12)16/h4-6,8,14,17H,3,7H2,1-2H3. The summed E-state index contributed by atoms with van der Waals surface area (Å²) in [6, 6.07) is 6.23. The van der Waals surface area contributed by atoms with E-state index in [4.69, 9.17) is 11.6 Å². The molecule has 0 bridgehead atoms. The number of hydrogen-bond acceptors (Lipinski definition) is 3. The van der Waals surface area contributed by atoms with Gasteiger partial charge in [0.05, 0.1) is 10.7 Å². The fourth-order valence-corrected chi connectivity index (χ4v) is 3.46. The minimum absolute atomic E-state index is 0.201. The number of halogens is 2. The summed E-state index contributed by atoms with van der Waals surface area (Å²) in [7, 11) is 0. The Kier molecular flexibility index (Phi) is 5.39. The zero-order valence-electron chi connectivity index (χ0n) is 10.9. The van der Waals surface area contributed by atoms with Gasteiger partial charge >= 0.3 is 0 Å². The second kappa shape index (κ2) is 6.84. The molecule has 0 amide bonds. The third kappa shape index (κ3) is 4.02. The van der Waals surface area contributed by atoms with Crippen LogP contribution in [0.1, 0.15) is 29.2 Å². The van der Waals surface area contributed by atoms with Gasteiger partial charge in [-0.15, -0.1) is 11.3 Å². The Balaban J connectivity index is 2.23. The van der Waals surface area contributed by atoms with Crippen molar-refractivity contribution in [1.82, 2.24) is 10.3 Å². The summed E-state index contributed by atoms with van der Waals surface area (Å²) in [5, 5.41) is 7.49. The molecule has 5 heteroatoms. The lowest BCUT2D eigenvalue weighted by atomic mass is 10.0. The van der Waals surface area contributed by atoms with Crippen LogP contribution in [0.4, 0.5) is 0 Å². The van der Waals surface area contributed by atoms with Crippen molar-refractivity contribution < 1.29 is 0 Å². The molecule has 19 heavy (non-hydrogen) atoms. The lowest BCUT2D eigenvalue weighted by Crippen LogP contribution is -2.23. The Hall–Kier alpha value is -0.420. The van der Waals surface area contributed by atoms with Crippen molar-refractivity contribution in [3.8, 4) is 0 Å². The van der Waals surface area contributed by atoms with E-state index in [2.05, 4.69) is 44.6 Å². The van der Waals surface area contributed by atoms with Gasteiger partial charge in [0, 0.05) is 27.3 Å². The van der Waals surface area contributed by atoms with Crippen molar-refractivity contribution in [3.63, 3.8) is 0 Å². The number of nitrogens with zero attached hydrogens (tertiary/aromatic N) is 1. The van der Waals surface area contributed by atoms with Crippen molar-refractivity contribution >= 4 is 38.9 Å². The van der Waals surface area contributed by atoms with E-state index in [1.54, 1.807) is 11.3 Å². The lowest BCUT2D eigenvalue weighted by molar-refractivity contribution is 0.545. The maximum absolute atomic E-state index is 6.34. The Bertz CT molecular complexity index is 556. The molecule has 0 saturated heterocycles. The SMILES string of the molecule is CCNC(Cc1csc(C)n1)c1ccc(Br)cc1Cl. The number of benzene rings is 1. The molecular formula is C14H16BrClN2S. The molecule has 1 aromatic heterocycles. The molecule has 1 atom stereocenters. The molecule has 0 radical (unpaired) electrons. The van der Waals surface area contributed by atoms with Crippen LogP contribution >= 0.6 is 38.9 Å². The van der Waals surface area contributed by atoms with E-state index >= 15 is 0 Å². The molecule has 0 aliphatic carbocycles. The third-order valence-corrected chi connectivity index (χ3v) is 4.51. The molecule has 1 heterocycles. The van der Waals surface area contributed by atoms with Gasteiger partial charge in [-0.25, -0.2) is 4.98 Å². The second-order valence-corrected chi connectivity index (χ2v) is 6.72. The minimum atomic E-state index is 0.201. The van der Waals surface area contributed by atoms with Gasteiger partial charge in [-0.1, -0.05) is 40.5 Å². The van der Waals surface area contributed by atoms with Crippen molar-refractivity contribution in [1.29, 1.82) is 0 Å². The van der Waals surface area contributed by atoms with Crippen LogP contribution in [0, 0.1) is 6.92 Å². The van der Waals surface area contributed by atoms with Gasteiger partial charge in [-0.3, -0.25) is 0 Å². The van der Waals surface area contributed by atoms with Crippen LogP contribution in [0.15, 0.2) is 28.1 Å². The van der Waals surface area contributed by atoms with E-state index in [1.807, 2.05) is 19.1 Å². The van der Waals surface area contributed by atoms with E-state index in [1.165, 1.54) is 0 Å². The number of aromatic nitrogens is 1. The molecule has 0 spiro atoms. The third-order valence-electron chi connectivity index (χ3n) is 2.87. The smallest absolute Gasteiger partial charge is 0.0897 e. The van der Waals surface area contributed by atoms with E-state index in [-0.39, 0.29) is 6.04 Å². The number of likely N-dealkylation sites (N-methyl/N-ethyl adjacent to an activating group) is 1. The number of thiazole rings is 1. The highest BCUT2D eigenvalue weighted by Gasteiger charge is 2.16.